The number of phenolic OH excluding ortho intramolecular Hbond substituents is 1. The summed E-state index contributed by atoms with van der Waals surface area (Å²) in [7, 11) is 0. The fourth-order valence-electron chi connectivity index (χ4n) is 1.26. The van der Waals surface area contributed by atoms with E-state index >= 15 is 0 Å². The van der Waals surface area contributed by atoms with E-state index in [0.29, 0.717) is 13.2 Å². The van der Waals surface area contributed by atoms with Gasteiger partial charge in [-0.25, -0.2) is 0 Å². The van der Waals surface area contributed by atoms with Gasteiger partial charge in [-0.2, -0.15) is 0 Å². The van der Waals surface area contributed by atoms with Crippen molar-refractivity contribution < 1.29 is 9.84 Å². The normalized spacial score (nSPS) is 11.9. The van der Waals surface area contributed by atoms with Gasteiger partial charge >= 0.3 is 0 Å². The molecule has 4 heteroatoms. The highest BCUT2D eigenvalue weighted by atomic mass is 35.5. The van der Waals surface area contributed by atoms with Crippen LogP contribution in [0.4, 0.5) is 0 Å². The fourth-order valence-corrected chi connectivity index (χ4v) is 1.26. The van der Waals surface area contributed by atoms with E-state index in [1.807, 2.05) is 19.1 Å². The zero-order valence-electron chi connectivity index (χ0n) is 8.85. The van der Waals surface area contributed by atoms with Crippen molar-refractivity contribution in [1.29, 1.82) is 0 Å². The number of hydrogen-bond acceptors (Lipinski definition) is 3. The average Bonchev–Trinajstić information content (AvgIpc) is 2.18. The molecule has 0 fully saturated rings. The van der Waals surface area contributed by atoms with Gasteiger partial charge in [-0.3, -0.25) is 0 Å². The first-order valence-corrected chi connectivity index (χ1v) is 4.83. The van der Waals surface area contributed by atoms with Gasteiger partial charge in [0.25, 0.3) is 0 Å². The van der Waals surface area contributed by atoms with Crippen LogP contribution in [0.3, 0.4) is 0 Å². The number of hydrogen-bond donors (Lipinski definition) is 2. The van der Waals surface area contributed by atoms with Crippen LogP contribution in [0.25, 0.3) is 0 Å². The van der Waals surface area contributed by atoms with Crippen LogP contribution in [0.5, 0.6) is 5.75 Å². The highest BCUT2D eigenvalue weighted by molar-refractivity contribution is 5.85. The van der Waals surface area contributed by atoms with Gasteiger partial charge in [-0.15, -0.1) is 12.4 Å². The molecular weight excluding hydrogens is 214 g/mol. The van der Waals surface area contributed by atoms with Gasteiger partial charge in [0.15, 0.2) is 0 Å². The average molecular weight is 232 g/mol. The summed E-state index contributed by atoms with van der Waals surface area (Å²) in [4.78, 5) is 0. The number of nitrogens with two attached hydrogens (primary N) is 1. The van der Waals surface area contributed by atoms with Crippen molar-refractivity contribution in [3.05, 3.63) is 29.8 Å². The van der Waals surface area contributed by atoms with Gasteiger partial charge in [-0.1, -0.05) is 12.1 Å². The van der Waals surface area contributed by atoms with Crippen LogP contribution in [0, 0.1) is 0 Å². The van der Waals surface area contributed by atoms with E-state index in [2.05, 4.69) is 0 Å². The van der Waals surface area contributed by atoms with Gasteiger partial charge in [0, 0.05) is 12.6 Å². The topological polar surface area (TPSA) is 55.5 Å². The summed E-state index contributed by atoms with van der Waals surface area (Å²) in [5.41, 5.74) is 6.96. The quantitative estimate of drug-likeness (QED) is 0.812. The molecule has 0 spiro atoms. The maximum absolute atomic E-state index is 9.08. The van der Waals surface area contributed by atoms with E-state index in [-0.39, 0.29) is 24.2 Å². The molecule has 86 valence electrons. The molecule has 3 nitrogen and oxygen atoms in total. The molecule has 1 atom stereocenters. The van der Waals surface area contributed by atoms with Crippen LogP contribution in [0.15, 0.2) is 24.3 Å². The Bertz CT molecular complexity index is 264. The van der Waals surface area contributed by atoms with Crippen molar-refractivity contribution in [2.45, 2.75) is 19.4 Å². The van der Waals surface area contributed by atoms with Gasteiger partial charge in [0.2, 0.25) is 0 Å². The standard InChI is InChI=1S/C11H17NO2.ClH/c1-2-14-8-10(12)7-9-3-5-11(13)6-4-9;/h3-6,10,13H,2,7-8,12H2,1H3;1H/t10-;/m0./s1. The van der Waals surface area contributed by atoms with E-state index in [0.717, 1.165) is 12.0 Å². The van der Waals surface area contributed by atoms with Gasteiger partial charge in [0.1, 0.15) is 5.75 Å². The summed E-state index contributed by atoms with van der Waals surface area (Å²) >= 11 is 0. The summed E-state index contributed by atoms with van der Waals surface area (Å²) in [5.74, 6) is 0.284. The largest absolute Gasteiger partial charge is 0.508 e. The minimum absolute atomic E-state index is 0. The number of halogens is 1. The van der Waals surface area contributed by atoms with Crippen molar-refractivity contribution in [3.8, 4) is 5.75 Å². The number of rotatable bonds is 5. The molecule has 0 unspecified atom stereocenters. The monoisotopic (exact) mass is 231 g/mol. The SMILES string of the molecule is CCOC[C@@H](N)Cc1ccc(O)cc1.Cl. The van der Waals surface area contributed by atoms with Gasteiger partial charge in [-0.05, 0) is 31.0 Å². The van der Waals surface area contributed by atoms with Crippen molar-refractivity contribution >= 4 is 12.4 Å². The minimum Gasteiger partial charge on any atom is -0.508 e. The predicted octanol–water partition coefficient (Wildman–Crippen LogP) is 1.72. The minimum atomic E-state index is 0. The third-order valence-electron chi connectivity index (χ3n) is 1.97. The predicted molar refractivity (Wildman–Crippen MR) is 63.5 cm³/mol. The summed E-state index contributed by atoms with van der Waals surface area (Å²) in [6.07, 6.45) is 0.778. The van der Waals surface area contributed by atoms with Crippen molar-refractivity contribution in [2.75, 3.05) is 13.2 Å². The number of benzene rings is 1. The van der Waals surface area contributed by atoms with E-state index in [4.69, 9.17) is 15.6 Å². The lowest BCUT2D eigenvalue weighted by atomic mass is 10.1. The first kappa shape index (κ1) is 14.2. The first-order valence-electron chi connectivity index (χ1n) is 4.83. The molecule has 1 rings (SSSR count). The second-order valence-electron chi connectivity index (χ2n) is 3.29. The van der Waals surface area contributed by atoms with Crippen LogP contribution < -0.4 is 5.73 Å². The number of ether oxygens (including phenoxy) is 1. The second-order valence-corrected chi connectivity index (χ2v) is 3.29. The van der Waals surface area contributed by atoms with E-state index in [1.54, 1.807) is 12.1 Å². The highest BCUT2D eigenvalue weighted by Gasteiger charge is 2.03. The lowest BCUT2D eigenvalue weighted by Crippen LogP contribution is -2.28. The molecule has 1 aromatic rings. The number of aromatic hydroxyl groups is 1. The summed E-state index contributed by atoms with van der Waals surface area (Å²) in [6.45, 7) is 3.23. The highest BCUT2D eigenvalue weighted by Crippen LogP contribution is 2.10. The summed E-state index contributed by atoms with van der Waals surface area (Å²) < 4.78 is 5.22. The summed E-state index contributed by atoms with van der Waals surface area (Å²) in [6, 6.07) is 7.12. The van der Waals surface area contributed by atoms with Crippen LogP contribution >= 0.6 is 12.4 Å². The summed E-state index contributed by atoms with van der Waals surface area (Å²) in [5, 5.41) is 9.08. The van der Waals surface area contributed by atoms with Crippen molar-refractivity contribution in [1.82, 2.24) is 0 Å². The smallest absolute Gasteiger partial charge is 0.115 e. The van der Waals surface area contributed by atoms with Crippen LogP contribution in [0.1, 0.15) is 12.5 Å². The molecule has 0 amide bonds. The third kappa shape index (κ3) is 5.62. The molecule has 0 radical (unpaired) electrons. The Morgan fingerprint density at radius 1 is 1.33 bits per heavy atom. The first-order chi connectivity index (χ1) is 6.72. The molecular formula is C11H18ClNO2. The molecule has 1 aromatic carbocycles. The van der Waals surface area contributed by atoms with Crippen molar-refractivity contribution in [2.24, 2.45) is 5.73 Å². The third-order valence-corrected chi connectivity index (χ3v) is 1.97. The molecule has 0 aliphatic heterocycles. The Labute approximate surface area is 96.7 Å². The van der Waals surface area contributed by atoms with E-state index in [1.165, 1.54) is 0 Å². The number of phenols is 1. The Hall–Kier alpha value is -0.770. The van der Waals surface area contributed by atoms with Crippen molar-refractivity contribution in [3.63, 3.8) is 0 Å². The zero-order chi connectivity index (χ0) is 10.4. The molecule has 3 N–H and O–H groups in total. The molecule has 0 aliphatic rings. The zero-order valence-corrected chi connectivity index (χ0v) is 9.67. The van der Waals surface area contributed by atoms with Crippen LogP contribution in [-0.4, -0.2) is 24.4 Å². The Morgan fingerprint density at radius 2 is 1.93 bits per heavy atom. The lowest BCUT2D eigenvalue weighted by Gasteiger charge is -2.11. The van der Waals surface area contributed by atoms with Gasteiger partial charge < -0.3 is 15.6 Å². The molecule has 0 saturated heterocycles. The van der Waals surface area contributed by atoms with E-state index in [9.17, 15) is 0 Å². The second kappa shape index (κ2) is 7.51. The lowest BCUT2D eigenvalue weighted by molar-refractivity contribution is 0.133. The maximum atomic E-state index is 9.08. The maximum Gasteiger partial charge on any atom is 0.115 e. The fraction of sp³-hybridized carbons (Fsp3) is 0.455. The molecule has 0 saturated carbocycles. The van der Waals surface area contributed by atoms with Crippen LogP contribution in [0.2, 0.25) is 0 Å². The Kier molecular flexibility index (Phi) is 7.13. The molecule has 0 aliphatic carbocycles. The molecule has 15 heavy (non-hydrogen) atoms. The molecule has 0 heterocycles. The molecule has 0 aromatic heterocycles. The van der Waals surface area contributed by atoms with Crippen LogP contribution in [-0.2, 0) is 11.2 Å². The molecule has 0 bridgehead atoms. The Morgan fingerprint density at radius 3 is 2.47 bits per heavy atom. The van der Waals surface area contributed by atoms with E-state index < -0.39 is 0 Å². The Balaban J connectivity index is 0.00000196. The van der Waals surface area contributed by atoms with Gasteiger partial charge in [0.05, 0.1) is 6.61 Å².